The Hall–Kier alpha value is -3.08. The first-order chi connectivity index (χ1) is 13.0. The van der Waals surface area contributed by atoms with Crippen molar-refractivity contribution in [2.75, 3.05) is 5.73 Å². The summed E-state index contributed by atoms with van der Waals surface area (Å²) in [4.78, 5) is 12.2. The van der Waals surface area contributed by atoms with Crippen molar-refractivity contribution in [3.05, 3.63) is 82.7 Å². The molecule has 0 saturated heterocycles. The third kappa shape index (κ3) is 4.76. The quantitative estimate of drug-likeness (QED) is 0.633. The summed E-state index contributed by atoms with van der Waals surface area (Å²) in [5.41, 5.74) is 12.0. The number of anilines is 1. The van der Waals surface area contributed by atoms with Gasteiger partial charge in [0.25, 0.3) is 0 Å². The minimum atomic E-state index is 0.0212. The molecule has 0 radical (unpaired) electrons. The molecule has 0 aliphatic rings. The van der Waals surface area contributed by atoms with Crippen LogP contribution in [0, 0.1) is 13.8 Å². The highest BCUT2D eigenvalue weighted by molar-refractivity contribution is 5.76. The first-order valence-electron chi connectivity index (χ1n) is 9.21. The Morgan fingerprint density at radius 3 is 2.52 bits per heavy atom. The molecule has 0 fully saturated rings. The van der Waals surface area contributed by atoms with Crippen LogP contribution < -0.4 is 11.1 Å². The zero-order valence-corrected chi connectivity index (χ0v) is 15.9. The maximum absolute atomic E-state index is 12.2. The van der Waals surface area contributed by atoms with E-state index in [1.54, 1.807) is 0 Å². The molecule has 1 heterocycles. The van der Waals surface area contributed by atoms with E-state index < -0.39 is 0 Å². The van der Waals surface area contributed by atoms with E-state index in [1.807, 2.05) is 54.1 Å². The lowest BCUT2D eigenvalue weighted by atomic mass is 10.1. The van der Waals surface area contributed by atoms with Gasteiger partial charge in [-0.25, -0.2) is 0 Å². The summed E-state index contributed by atoms with van der Waals surface area (Å²) in [7, 11) is 0. The second kappa shape index (κ2) is 8.54. The number of hydrogen-bond donors (Lipinski definition) is 2. The molecule has 3 rings (SSSR count). The molecule has 0 saturated carbocycles. The predicted octanol–water partition coefficient (Wildman–Crippen LogP) is 3.38. The number of benzene rings is 2. The van der Waals surface area contributed by atoms with E-state index in [0.29, 0.717) is 19.4 Å². The van der Waals surface area contributed by atoms with E-state index in [0.717, 1.165) is 34.7 Å². The maximum atomic E-state index is 12.2. The van der Waals surface area contributed by atoms with Crippen LogP contribution in [-0.4, -0.2) is 15.7 Å². The number of para-hydroxylation sites is 1. The van der Waals surface area contributed by atoms with Crippen molar-refractivity contribution < 1.29 is 4.79 Å². The van der Waals surface area contributed by atoms with Crippen molar-refractivity contribution in [3.8, 4) is 0 Å². The number of aryl methyl sites for hydroxylation is 2. The van der Waals surface area contributed by atoms with Crippen LogP contribution in [0.25, 0.3) is 0 Å². The van der Waals surface area contributed by atoms with Crippen molar-refractivity contribution in [1.82, 2.24) is 15.1 Å². The van der Waals surface area contributed by atoms with Crippen molar-refractivity contribution in [2.45, 2.75) is 39.8 Å². The molecule has 0 aliphatic heterocycles. The van der Waals surface area contributed by atoms with Gasteiger partial charge < -0.3 is 11.1 Å². The van der Waals surface area contributed by atoms with Crippen molar-refractivity contribution in [1.29, 1.82) is 0 Å². The van der Waals surface area contributed by atoms with Crippen LogP contribution in [0.1, 0.15) is 34.5 Å². The topological polar surface area (TPSA) is 72.9 Å². The molecule has 0 bridgehead atoms. The number of nitrogens with zero attached hydrogens (tertiary/aromatic N) is 2. The van der Waals surface area contributed by atoms with Gasteiger partial charge in [-0.05, 0) is 37.5 Å². The summed E-state index contributed by atoms with van der Waals surface area (Å²) in [5, 5.41) is 7.65. The van der Waals surface area contributed by atoms with Gasteiger partial charge in [0.15, 0.2) is 0 Å². The van der Waals surface area contributed by atoms with Crippen LogP contribution in [0.5, 0.6) is 0 Å². The lowest BCUT2D eigenvalue weighted by Crippen LogP contribution is -2.23. The number of aromatic nitrogens is 2. The van der Waals surface area contributed by atoms with Gasteiger partial charge in [-0.15, -0.1) is 0 Å². The largest absolute Gasteiger partial charge is 0.399 e. The molecular weight excluding hydrogens is 336 g/mol. The van der Waals surface area contributed by atoms with Crippen molar-refractivity contribution in [3.63, 3.8) is 0 Å². The molecule has 5 heteroatoms. The van der Waals surface area contributed by atoms with Gasteiger partial charge in [0.05, 0.1) is 12.2 Å². The van der Waals surface area contributed by atoms with Gasteiger partial charge in [-0.3, -0.25) is 9.48 Å². The monoisotopic (exact) mass is 362 g/mol. The Morgan fingerprint density at radius 1 is 1.07 bits per heavy atom. The zero-order valence-electron chi connectivity index (χ0n) is 15.9. The predicted molar refractivity (Wildman–Crippen MR) is 108 cm³/mol. The van der Waals surface area contributed by atoms with Gasteiger partial charge in [-0.2, -0.15) is 5.10 Å². The molecule has 27 heavy (non-hydrogen) atoms. The van der Waals surface area contributed by atoms with E-state index in [2.05, 4.69) is 29.5 Å². The van der Waals surface area contributed by atoms with Crippen molar-refractivity contribution in [2.24, 2.45) is 0 Å². The second-order valence-corrected chi connectivity index (χ2v) is 6.77. The molecule has 3 aromatic rings. The highest BCUT2D eigenvalue weighted by atomic mass is 16.1. The number of carbonyl (C=O) groups is 1. The first kappa shape index (κ1) is 18.7. The normalized spacial score (nSPS) is 10.7. The fraction of sp³-hybridized carbons (Fsp3) is 0.273. The molecule has 0 spiro atoms. The van der Waals surface area contributed by atoms with Gasteiger partial charge in [0.2, 0.25) is 5.91 Å². The number of nitrogens with two attached hydrogens (primary N) is 1. The third-order valence-electron chi connectivity index (χ3n) is 4.85. The lowest BCUT2D eigenvalue weighted by molar-refractivity contribution is -0.121. The molecule has 5 nitrogen and oxygen atoms in total. The van der Waals surface area contributed by atoms with E-state index in [1.165, 1.54) is 5.56 Å². The zero-order chi connectivity index (χ0) is 19.2. The Labute approximate surface area is 160 Å². The molecular formula is C22H26N4O. The van der Waals surface area contributed by atoms with Gasteiger partial charge in [0.1, 0.15) is 0 Å². The Bertz CT molecular complexity index is 915. The van der Waals surface area contributed by atoms with E-state index >= 15 is 0 Å². The van der Waals surface area contributed by atoms with Crippen LogP contribution in [0.2, 0.25) is 0 Å². The van der Waals surface area contributed by atoms with Gasteiger partial charge >= 0.3 is 0 Å². The van der Waals surface area contributed by atoms with Crippen LogP contribution in [-0.2, 0) is 24.3 Å². The first-order valence-corrected chi connectivity index (χ1v) is 9.21. The molecule has 0 unspecified atom stereocenters. The minimum Gasteiger partial charge on any atom is -0.399 e. The van der Waals surface area contributed by atoms with E-state index in [-0.39, 0.29) is 5.91 Å². The number of hydrogen-bond acceptors (Lipinski definition) is 3. The van der Waals surface area contributed by atoms with E-state index in [9.17, 15) is 4.79 Å². The van der Waals surface area contributed by atoms with Gasteiger partial charge in [0, 0.05) is 29.9 Å². The highest BCUT2D eigenvalue weighted by Crippen LogP contribution is 2.15. The molecule has 1 aromatic heterocycles. The summed E-state index contributed by atoms with van der Waals surface area (Å²) in [6.07, 6.45) is 1.06. The number of carbonyl (C=O) groups excluding carboxylic acids is 1. The average molecular weight is 362 g/mol. The third-order valence-corrected chi connectivity index (χ3v) is 4.85. The van der Waals surface area contributed by atoms with Gasteiger partial charge in [-0.1, -0.05) is 48.5 Å². The number of amides is 1. The summed E-state index contributed by atoms with van der Waals surface area (Å²) in [6, 6.07) is 17.9. The van der Waals surface area contributed by atoms with Crippen LogP contribution in [0.15, 0.2) is 54.6 Å². The van der Waals surface area contributed by atoms with Crippen molar-refractivity contribution >= 4 is 11.6 Å². The summed E-state index contributed by atoms with van der Waals surface area (Å²) in [5.74, 6) is 0.0212. The Balaban J connectivity index is 1.57. The fourth-order valence-corrected chi connectivity index (χ4v) is 3.19. The Kier molecular flexibility index (Phi) is 5.91. The van der Waals surface area contributed by atoms with Crippen LogP contribution >= 0.6 is 0 Å². The minimum absolute atomic E-state index is 0.0212. The molecule has 0 atom stereocenters. The highest BCUT2D eigenvalue weighted by Gasteiger charge is 2.13. The van der Waals surface area contributed by atoms with Crippen LogP contribution in [0.3, 0.4) is 0 Å². The standard InChI is InChI=1S/C22H26N4O/c1-16-20(17(2)26(25-16)15-18-8-4-3-5-9-18)14-24-22(27)13-12-19-10-6-7-11-21(19)23/h3-11H,12-15,23H2,1-2H3,(H,24,27). The SMILES string of the molecule is Cc1nn(Cc2ccccc2)c(C)c1CNC(=O)CCc1ccccc1N. The second-order valence-electron chi connectivity index (χ2n) is 6.77. The summed E-state index contributed by atoms with van der Waals surface area (Å²) in [6.45, 7) is 5.26. The molecule has 0 aliphatic carbocycles. The number of nitrogen functional groups attached to an aromatic ring is 1. The van der Waals surface area contributed by atoms with Crippen LogP contribution in [0.4, 0.5) is 5.69 Å². The number of rotatable bonds is 7. The summed E-state index contributed by atoms with van der Waals surface area (Å²) < 4.78 is 2.00. The molecule has 140 valence electrons. The maximum Gasteiger partial charge on any atom is 0.220 e. The molecule has 2 aromatic carbocycles. The molecule has 1 amide bonds. The average Bonchev–Trinajstić information content (AvgIpc) is 2.93. The lowest BCUT2D eigenvalue weighted by Gasteiger charge is -2.08. The Morgan fingerprint density at radius 2 is 1.78 bits per heavy atom. The number of nitrogens with one attached hydrogen (secondary N) is 1. The fourth-order valence-electron chi connectivity index (χ4n) is 3.19. The smallest absolute Gasteiger partial charge is 0.220 e. The summed E-state index contributed by atoms with van der Waals surface area (Å²) >= 11 is 0. The van der Waals surface area contributed by atoms with E-state index in [4.69, 9.17) is 5.73 Å². The molecule has 3 N–H and O–H groups in total.